The van der Waals surface area contributed by atoms with E-state index in [1.54, 1.807) is 6.07 Å². The molecule has 0 aromatic heterocycles. The van der Waals surface area contributed by atoms with Crippen LogP contribution in [-0.4, -0.2) is 22.8 Å². The van der Waals surface area contributed by atoms with Crippen molar-refractivity contribution in [3.8, 4) is 11.5 Å². The third kappa shape index (κ3) is 3.06. The fraction of sp³-hybridized carbons (Fsp3) is 0.562. The Labute approximate surface area is 119 Å². The van der Waals surface area contributed by atoms with Gasteiger partial charge in [-0.15, -0.1) is 0 Å². The van der Waals surface area contributed by atoms with Crippen LogP contribution >= 0.6 is 0 Å². The van der Waals surface area contributed by atoms with Crippen LogP contribution in [0.15, 0.2) is 12.1 Å². The summed E-state index contributed by atoms with van der Waals surface area (Å²) in [7, 11) is 0. The summed E-state index contributed by atoms with van der Waals surface area (Å²) in [5.41, 5.74) is 0.950. The molecule has 2 N–H and O–H groups in total. The van der Waals surface area contributed by atoms with E-state index in [4.69, 9.17) is 4.74 Å². The van der Waals surface area contributed by atoms with Crippen LogP contribution in [0.1, 0.15) is 67.3 Å². The van der Waals surface area contributed by atoms with Gasteiger partial charge in [-0.1, -0.05) is 32.3 Å². The highest BCUT2D eigenvalue weighted by atomic mass is 16.5. The lowest BCUT2D eigenvalue weighted by Gasteiger charge is -2.24. The van der Waals surface area contributed by atoms with E-state index in [1.165, 1.54) is 12.5 Å². The maximum atomic E-state index is 12.1. The van der Waals surface area contributed by atoms with E-state index in [2.05, 4.69) is 0 Å². The molecular formula is C16H22O4. The SMILES string of the molecule is CCCOC(=O)c1c(C2CCCCC2)ccc(O)c1O. The van der Waals surface area contributed by atoms with Crippen molar-refractivity contribution in [2.75, 3.05) is 6.61 Å². The first kappa shape index (κ1) is 14.7. The van der Waals surface area contributed by atoms with Crippen LogP contribution in [0, 0.1) is 0 Å². The molecule has 2 rings (SSSR count). The van der Waals surface area contributed by atoms with E-state index >= 15 is 0 Å². The van der Waals surface area contributed by atoms with Crippen LogP contribution in [0.5, 0.6) is 11.5 Å². The minimum Gasteiger partial charge on any atom is -0.504 e. The Morgan fingerprint density at radius 2 is 1.95 bits per heavy atom. The third-order valence-corrected chi connectivity index (χ3v) is 3.88. The summed E-state index contributed by atoms with van der Waals surface area (Å²) >= 11 is 0. The average molecular weight is 278 g/mol. The quantitative estimate of drug-likeness (QED) is 0.651. The van der Waals surface area contributed by atoms with Crippen molar-refractivity contribution in [2.24, 2.45) is 0 Å². The average Bonchev–Trinajstić information content (AvgIpc) is 2.48. The summed E-state index contributed by atoms with van der Waals surface area (Å²) < 4.78 is 5.13. The molecule has 1 aliphatic rings. The second-order valence-corrected chi connectivity index (χ2v) is 5.37. The van der Waals surface area contributed by atoms with Gasteiger partial charge >= 0.3 is 5.97 Å². The van der Waals surface area contributed by atoms with Crippen molar-refractivity contribution >= 4 is 5.97 Å². The van der Waals surface area contributed by atoms with E-state index in [0.717, 1.165) is 37.7 Å². The molecule has 1 aromatic rings. The standard InChI is InChI=1S/C16H22O4/c1-2-10-20-16(19)14-12(8-9-13(17)15(14)18)11-6-4-3-5-7-11/h8-9,11,17-18H,2-7,10H2,1H3. The highest BCUT2D eigenvalue weighted by Gasteiger charge is 2.26. The first-order valence-corrected chi connectivity index (χ1v) is 7.37. The van der Waals surface area contributed by atoms with Gasteiger partial charge in [0.25, 0.3) is 0 Å². The Morgan fingerprint density at radius 3 is 2.60 bits per heavy atom. The Kier molecular flexibility index (Phi) is 4.88. The monoisotopic (exact) mass is 278 g/mol. The minimum atomic E-state index is -0.541. The molecule has 0 aliphatic heterocycles. The molecule has 20 heavy (non-hydrogen) atoms. The minimum absolute atomic E-state index is 0.144. The summed E-state index contributed by atoms with van der Waals surface area (Å²) in [5, 5.41) is 19.7. The number of carbonyl (C=O) groups is 1. The number of aromatic hydroxyl groups is 2. The molecule has 0 heterocycles. The molecule has 0 bridgehead atoms. The second-order valence-electron chi connectivity index (χ2n) is 5.37. The van der Waals surface area contributed by atoms with Crippen LogP contribution in [0.2, 0.25) is 0 Å². The molecule has 110 valence electrons. The lowest BCUT2D eigenvalue weighted by atomic mass is 9.82. The number of rotatable bonds is 4. The van der Waals surface area contributed by atoms with Crippen LogP contribution in [0.3, 0.4) is 0 Å². The normalized spacial score (nSPS) is 16.1. The van der Waals surface area contributed by atoms with Gasteiger partial charge in [0, 0.05) is 0 Å². The Balaban J connectivity index is 2.35. The number of ether oxygens (including phenoxy) is 1. The van der Waals surface area contributed by atoms with E-state index < -0.39 is 5.97 Å². The van der Waals surface area contributed by atoms with Gasteiger partial charge in [-0.05, 0) is 36.8 Å². The highest BCUT2D eigenvalue weighted by Crippen LogP contribution is 2.40. The fourth-order valence-corrected chi connectivity index (χ4v) is 2.83. The molecule has 0 saturated heterocycles. The van der Waals surface area contributed by atoms with Crippen molar-refractivity contribution in [3.63, 3.8) is 0 Å². The van der Waals surface area contributed by atoms with Crippen molar-refractivity contribution < 1.29 is 19.7 Å². The zero-order chi connectivity index (χ0) is 14.5. The van der Waals surface area contributed by atoms with Crippen molar-refractivity contribution in [2.45, 2.75) is 51.4 Å². The smallest absolute Gasteiger partial charge is 0.342 e. The lowest BCUT2D eigenvalue weighted by molar-refractivity contribution is 0.0498. The van der Waals surface area contributed by atoms with E-state index in [0.29, 0.717) is 6.61 Å². The predicted molar refractivity (Wildman–Crippen MR) is 76.2 cm³/mol. The topological polar surface area (TPSA) is 66.8 Å². The molecule has 0 amide bonds. The molecule has 1 fully saturated rings. The van der Waals surface area contributed by atoms with Crippen molar-refractivity contribution in [3.05, 3.63) is 23.3 Å². The maximum Gasteiger partial charge on any atom is 0.342 e. The van der Waals surface area contributed by atoms with Gasteiger partial charge < -0.3 is 14.9 Å². The van der Waals surface area contributed by atoms with Gasteiger partial charge in [0.05, 0.1) is 6.61 Å². The summed E-state index contributed by atoms with van der Waals surface area (Å²) in [6.45, 7) is 2.23. The second kappa shape index (κ2) is 6.64. The Hall–Kier alpha value is -1.71. The Morgan fingerprint density at radius 1 is 1.25 bits per heavy atom. The summed E-state index contributed by atoms with van der Waals surface area (Å²) in [6.07, 6.45) is 6.24. The molecule has 0 atom stereocenters. The number of hydrogen-bond acceptors (Lipinski definition) is 4. The number of phenolic OH excluding ortho intramolecular Hbond substituents is 2. The predicted octanol–water partition coefficient (Wildman–Crippen LogP) is 3.71. The van der Waals surface area contributed by atoms with Crippen LogP contribution in [0.25, 0.3) is 0 Å². The zero-order valence-corrected chi connectivity index (χ0v) is 11.9. The van der Waals surface area contributed by atoms with Crippen LogP contribution in [-0.2, 0) is 4.74 Å². The van der Waals surface area contributed by atoms with Crippen LogP contribution in [0.4, 0.5) is 0 Å². The fourth-order valence-electron chi connectivity index (χ4n) is 2.83. The number of carbonyl (C=O) groups excluding carboxylic acids is 1. The summed E-state index contributed by atoms with van der Waals surface area (Å²) in [6, 6.07) is 3.20. The van der Waals surface area contributed by atoms with E-state index in [-0.39, 0.29) is 23.0 Å². The van der Waals surface area contributed by atoms with Gasteiger partial charge in [-0.2, -0.15) is 0 Å². The first-order chi connectivity index (χ1) is 9.65. The van der Waals surface area contributed by atoms with Gasteiger partial charge in [-0.3, -0.25) is 0 Å². The number of benzene rings is 1. The van der Waals surface area contributed by atoms with Crippen molar-refractivity contribution in [1.29, 1.82) is 0 Å². The highest BCUT2D eigenvalue weighted by molar-refractivity contribution is 5.95. The molecule has 1 saturated carbocycles. The van der Waals surface area contributed by atoms with E-state index in [1.807, 2.05) is 6.92 Å². The molecule has 4 heteroatoms. The Bertz CT molecular complexity index is 476. The molecule has 0 unspecified atom stereocenters. The first-order valence-electron chi connectivity index (χ1n) is 7.37. The summed E-state index contributed by atoms with van der Waals surface area (Å²) in [4.78, 5) is 12.1. The maximum absolute atomic E-state index is 12.1. The number of phenols is 2. The zero-order valence-electron chi connectivity index (χ0n) is 11.9. The largest absolute Gasteiger partial charge is 0.504 e. The molecule has 1 aromatic carbocycles. The van der Waals surface area contributed by atoms with Crippen molar-refractivity contribution in [1.82, 2.24) is 0 Å². The summed E-state index contributed by atoms with van der Waals surface area (Å²) in [5.74, 6) is -0.901. The van der Waals surface area contributed by atoms with E-state index in [9.17, 15) is 15.0 Å². The number of hydrogen-bond donors (Lipinski definition) is 2. The molecule has 0 radical (unpaired) electrons. The lowest BCUT2D eigenvalue weighted by Crippen LogP contribution is -2.14. The molecule has 1 aliphatic carbocycles. The number of esters is 1. The van der Waals surface area contributed by atoms with Gasteiger partial charge in [0.1, 0.15) is 5.56 Å². The van der Waals surface area contributed by atoms with Gasteiger partial charge in [0.15, 0.2) is 11.5 Å². The van der Waals surface area contributed by atoms with Gasteiger partial charge in [0.2, 0.25) is 0 Å². The molecule has 4 nitrogen and oxygen atoms in total. The molecule has 0 spiro atoms. The van der Waals surface area contributed by atoms with Gasteiger partial charge in [-0.25, -0.2) is 4.79 Å². The third-order valence-electron chi connectivity index (χ3n) is 3.88. The molecular weight excluding hydrogens is 256 g/mol. The van der Waals surface area contributed by atoms with Crippen LogP contribution < -0.4 is 0 Å².